The van der Waals surface area contributed by atoms with Crippen LogP contribution in [-0.4, -0.2) is 46.9 Å². The molecule has 1 heterocycles. The first-order valence-corrected chi connectivity index (χ1v) is 6.39. The number of hydrogen-bond acceptors (Lipinski definition) is 4. The molecule has 1 aromatic carbocycles. The zero-order valence-corrected chi connectivity index (χ0v) is 11.2. The van der Waals surface area contributed by atoms with Crippen molar-refractivity contribution in [2.24, 2.45) is 0 Å². The second kappa shape index (κ2) is 5.92. The van der Waals surface area contributed by atoms with Crippen LogP contribution in [0, 0.1) is 0 Å². The largest absolute Gasteiger partial charge is 0.465 e. The lowest BCUT2D eigenvalue weighted by Crippen LogP contribution is -2.41. The number of aliphatic hydroxyl groups excluding tert-OH is 1. The summed E-state index contributed by atoms with van der Waals surface area (Å²) in [6.07, 6.45) is -0.692. The number of carbonyl (C=O) groups is 2. The molecule has 1 aliphatic heterocycles. The van der Waals surface area contributed by atoms with Gasteiger partial charge in [-0.3, -0.25) is 0 Å². The van der Waals surface area contributed by atoms with Gasteiger partial charge in [-0.05, 0) is 30.5 Å². The number of methoxy groups -OCH3 is 1. The first-order chi connectivity index (χ1) is 9.52. The summed E-state index contributed by atoms with van der Waals surface area (Å²) >= 11 is 0. The second-order valence-corrected chi connectivity index (χ2v) is 4.78. The molecule has 108 valence electrons. The molecule has 1 amide bonds. The number of aliphatic hydroxyl groups is 1. The van der Waals surface area contributed by atoms with Crippen molar-refractivity contribution in [3.63, 3.8) is 0 Å². The number of nitrogens with zero attached hydrogens (tertiary/aromatic N) is 1. The Hall–Kier alpha value is -2.08. The predicted octanol–water partition coefficient (Wildman–Crippen LogP) is 1.65. The molecule has 0 radical (unpaired) electrons. The van der Waals surface area contributed by atoms with E-state index < -0.39 is 18.2 Å². The number of rotatable bonds is 2. The van der Waals surface area contributed by atoms with Gasteiger partial charge in [-0.1, -0.05) is 12.1 Å². The van der Waals surface area contributed by atoms with Crippen molar-refractivity contribution >= 4 is 12.1 Å². The van der Waals surface area contributed by atoms with Gasteiger partial charge in [0.1, 0.15) is 0 Å². The summed E-state index contributed by atoms with van der Waals surface area (Å²) in [6, 6.07) is 6.21. The molecule has 2 atom stereocenters. The maximum atomic E-state index is 11.4. The molecule has 0 bridgehead atoms. The van der Waals surface area contributed by atoms with Gasteiger partial charge in [0.15, 0.2) is 0 Å². The van der Waals surface area contributed by atoms with E-state index in [4.69, 9.17) is 0 Å². The fraction of sp³-hybridized carbons (Fsp3) is 0.429. The Morgan fingerprint density at radius 2 is 1.95 bits per heavy atom. The number of benzene rings is 1. The number of piperidine rings is 1. The van der Waals surface area contributed by atoms with E-state index in [1.54, 1.807) is 24.3 Å². The number of hydrogen-bond donors (Lipinski definition) is 2. The van der Waals surface area contributed by atoms with E-state index in [1.807, 2.05) is 0 Å². The zero-order chi connectivity index (χ0) is 14.7. The molecular formula is C14H17NO5. The number of likely N-dealkylation sites (tertiary alicyclic amines) is 1. The average Bonchev–Trinajstić information content (AvgIpc) is 2.46. The van der Waals surface area contributed by atoms with E-state index in [9.17, 15) is 19.8 Å². The first-order valence-electron chi connectivity index (χ1n) is 6.39. The molecule has 20 heavy (non-hydrogen) atoms. The standard InChI is InChI=1S/C14H17NO5/c1-20-13(17)10-4-2-9(3-5-10)12-8-11(16)6-7-15(12)14(18)19/h2-5,11-12,16H,6-8H2,1H3,(H,18,19)/t11-,12-/m1/s1. The van der Waals surface area contributed by atoms with Crippen LogP contribution in [0.25, 0.3) is 0 Å². The van der Waals surface area contributed by atoms with E-state index in [2.05, 4.69) is 4.74 Å². The highest BCUT2D eigenvalue weighted by molar-refractivity contribution is 5.89. The van der Waals surface area contributed by atoms with Crippen molar-refractivity contribution < 1.29 is 24.5 Å². The van der Waals surface area contributed by atoms with Crippen molar-refractivity contribution in [3.8, 4) is 0 Å². The maximum absolute atomic E-state index is 11.4. The third kappa shape index (κ3) is 2.91. The fourth-order valence-electron chi connectivity index (χ4n) is 2.45. The Labute approximate surface area is 116 Å². The van der Waals surface area contributed by atoms with Gasteiger partial charge >= 0.3 is 12.1 Å². The van der Waals surface area contributed by atoms with Gasteiger partial charge in [0.2, 0.25) is 0 Å². The van der Waals surface area contributed by atoms with Crippen LogP contribution in [0.2, 0.25) is 0 Å². The molecule has 0 unspecified atom stereocenters. The smallest absolute Gasteiger partial charge is 0.407 e. The van der Waals surface area contributed by atoms with E-state index in [0.717, 1.165) is 5.56 Å². The van der Waals surface area contributed by atoms with Crippen molar-refractivity contribution in [1.82, 2.24) is 4.90 Å². The van der Waals surface area contributed by atoms with Crippen LogP contribution < -0.4 is 0 Å². The molecule has 2 rings (SSSR count). The summed E-state index contributed by atoms with van der Waals surface area (Å²) < 4.78 is 4.61. The number of amides is 1. The van der Waals surface area contributed by atoms with Crippen LogP contribution in [-0.2, 0) is 4.74 Å². The molecule has 1 saturated heterocycles. The topological polar surface area (TPSA) is 87.1 Å². The molecule has 6 heteroatoms. The summed E-state index contributed by atoms with van der Waals surface area (Å²) in [7, 11) is 1.31. The minimum Gasteiger partial charge on any atom is -0.465 e. The van der Waals surface area contributed by atoms with Crippen LogP contribution in [0.15, 0.2) is 24.3 Å². The van der Waals surface area contributed by atoms with Gasteiger partial charge in [-0.15, -0.1) is 0 Å². The molecule has 0 aromatic heterocycles. The van der Waals surface area contributed by atoms with Crippen LogP contribution in [0.3, 0.4) is 0 Å². The second-order valence-electron chi connectivity index (χ2n) is 4.78. The Morgan fingerprint density at radius 1 is 1.30 bits per heavy atom. The number of ether oxygens (including phenoxy) is 1. The van der Waals surface area contributed by atoms with Gasteiger partial charge in [-0.2, -0.15) is 0 Å². The van der Waals surface area contributed by atoms with Crippen LogP contribution >= 0.6 is 0 Å². The van der Waals surface area contributed by atoms with Gasteiger partial charge in [0.05, 0.1) is 24.8 Å². The summed E-state index contributed by atoms with van der Waals surface area (Å²) in [5.41, 5.74) is 1.17. The Morgan fingerprint density at radius 3 is 2.50 bits per heavy atom. The third-order valence-corrected chi connectivity index (χ3v) is 3.54. The van der Waals surface area contributed by atoms with Crippen molar-refractivity contribution in [3.05, 3.63) is 35.4 Å². The predicted molar refractivity (Wildman–Crippen MR) is 70.5 cm³/mol. The molecule has 1 aliphatic rings. The van der Waals surface area contributed by atoms with E-state index >= 15 is 0 Å². The quantitative estimate of drug-likeness (QED) is 0.804. The molecule has 1 fully saturated rings. The summed E-state index contributed by atoms with van der Waals surface area (Å²) in [5.74, 6) is -0.435. The minimum atomic E-state index is -1.00. The van der Waals surface area contributed by atoms with Gasteiger partial charge in [-0.25, -0.2) is 9.59 Å². The van der Waals surface area contributed by atoms with E-state index in [-0.39, 0.29) is 6.04 Å². The molecule has 0 aliphatic carbocycles. The monoisotopic (exact) mass is 279 g/mol. The molecule has 0 saturated carbocycles. The Balaban J connectivity index is 2.23. The highest BCUT2D eigenvalue weighted by atomic mass is 16.5. The highest BCUT2D eigenvalue weighted by Gasteiger charge is 2.31. The van der Waals surface area contributed by atoms with Gasteiger partial charge in [0.25, 0.3) is 0 Å². The Bertz CT molecular complexity index is 499. The van der Waals surface area contributed by atoms with Crippen LogP contribution in [0.4, 0.5) is 4.79 Å². The van der Waals surface area contributed by atoms with Crippen LogP contribution in [0.1, 0.15) is 34.8 Å². The van der Waals surface area contributed by atoms with Gasteiger partial charge < -0.3 is 19.8 Å². The molecular weight excluding hydrogens is 262 g/mol. The third-order valence-electron chi connectivity index (χ3n) is 3.54. The zero-order valence-electron chi connectivity index (χ0n) is 11.2. The Kier molecular flexibility index (Phi) is 4.24. The number of esters is 1. The highest BCUT2D eigenvalue weighted by Crippen LogP contribution is 2.31. The lowest BCUT2D eigenvalue weighted by molar-refractivity contribution is 0.0423. The van der Waals surface area contributed by atoms with E-state index in [1.165, 1.54) is 12.0 Å². The summed E-state index contributed by atoms with van der Waals surface area (Å²) in [6.45, 7) is 0.305. The molecule has 0 spiro atoms. The molecule has 6 nitrogen and oxygen atoms in total. The normalized spacial score (nSPS) is 22.4. The molecule has 1 aromatic rings. The van der Waals surface area contributed by atoms with Crippen LogP contribution in [0.5, 0.6) is 0 Å². The maximum Gasteiger partial charge on any atom is 0.407 e. The average molecular weight is 279 g/mol. The molecule has 2 N–H and O–H groups in total. The van der Waals surface area contributed by atoms with Gasteiger partial charge in [0, 0.05) is 6.54 Å². The summed E-state index contributed by atoms with van der Waals surface area (Å²) in [4.78, 5) is 23.9. The van der Waals surface area contributed by atoms with Crippen molar-refractivity contribution in [1.29, 1.82) is 0 Å². The SMILES string of the molecule is COC(=O)c1ccc([C@H]2C[C@H](O)CCN2C(=O)O)cc1. The first kappa shape index (κ1) is 14.3. The fourth-order valence-corrected chi connectivity index (χ4v) is 2.45. The lowest BCUT2D eigenvalue weighted by Gasteiger charge is -2.36. The number of carboxylic acid groups (broad SMARTS) is 1. The van der Waals surface area contributed by atoms with Crippen molar-refractivity contribution in [2.45, 2.75) is 25.0 Å². The minimum absolute atomic E-state index is 0.305. The number of carbonyl (C=O) groups excluding carboxylic acids is 1. The van der Waals surface area contributed by atoms with Crippen molar-refractivity contribution in [2.75, 3.05) is 13.7 Å². The summed E-state index contributed by atoms with van der Waals surface area (Å²) in [5, 5.41) is 18.9. The lowest BCUT2D eigenvalue weighted by atomic mass is 9.93. The van der Waals surface area contributed by atoms with E-state index in [0.29, 0.717) is 24.9 Å².